The number of hydrogen-bond acceptors (Lipinski definition) is 4. The van der Waals surface area contributed by atoms with Gasteiger partial charge < -0.3 is 11.1 Å². The molecule has 1 atom stereocenters. The molecule has 5 heteroatoms. The summed E-state index contributed by atoms with van der Waals surface area (Å²) in [6, 6.07) is -0.913. The van der Waals surface area contributed by atoms with E-state index in [0.29, 0.717) is 0 Å². The highest BCUT2D eigenvalue weighted by molar-refractivity contribution is 5.82. The third-order valence-electron chi connectivity index (χ3n) is 0.950. The van der Waals surface area contributed by atoms with E-state index >= 15 is 0 Å². The molecule has 11 heavy (non-hydrogen) atoms. The first-order chi connectivity index (χ1) is 5.24. The van der Waals surface area contributed by atoms with Crippen molar-refractivity contribution in [3.63, 3.8) is 0 Å². The van der Waals surface area contributed by atoms with Crippen molar-refractivity contribution >= 4 is 18.5 Å². The maximum absolute atomic E-state index is 10.5. The van der Waals surface area contributed by atoms with Crippen molar-refractivity contribution in [2.75, 3.05) is 6.54 Å². The van der Waals surface area contributed by atoms with Crippen LogP contribution >= 0.6 is 0 Å². The molecule has 0 fully saturated rings. The van der Waals surface area contributed by atoms with Crippen LogP contribution in [0.5, 0.6) is 0 Å². The smallest absolute Gasteiger partial charge is 0.234 e. The van der Waals surface area contributed by atoms with Crippen LogP contribution in [0.3, 0.4) is 0 Å². The predicted molar refractivity (Wildman–Crippen MR) is 37.0 cm³/mol. The zero-order chi connectivity index (χ0) is 8.69. The first-order valence-corrected chi connectivity index (χ1v) is 2.96. The Kier molecular flexibility index (Phi) is 4.93. The van der Waals surface area contributed by atoms with E-state index in [9.17, 15) is 14.4 Å². The maximum atomic E-state index is 10.5. The second kappa shape index (κ2) is 5.55. The van der Waals surface area contributed by atoms with Gasteiger partial charge in [-0.25, -0.2) is 0 Å². The summed E-state index contributed by atoms with van der Waals surface area (Å²) >= 11 is 0. The van der Waals surface area contributed by atoms with Gasteiger partial charge >= 0.3 is 0 Å². The van der Waals surface area contributed by atoms with Crippen molar-refractivity contribution in [3.05, 3.63) is 0 Å². The maximum Gasteiger partial charge on any atom is 0.234 e. The van der Waals surface area contributed by atoms with Crippen LogP contribution in [-0.4, -0.2) is 31.1 Å². The Bertz CT molecular complexity index is 158. The molecule has 0 rings (SSSR count). The van der Waals surface area contributed by atoms with E-state index in [1.807, 2.05) is 0 Å². The minimum atomic E-state index is -0.913. The van der Waals surface area contributed by atoms with Gasteiger partial charge in [-0.15, -0.1) is 0 Å². The lowest BCUT2D eigenvalue weighted by Gasteiger charge is -2.05. The lowest BCUT2D eigenvalue weighted by Crippen LogP contribution is -2.39. The van der Waals surface area contributed by atoms with Crippen molar-refractivity contribution in [2.24, 2.45) is 5.73 Å². The normalized spacial score (nSPS) is 11.7. The van der Waals surface area contributed by atoms with Crippen LogP contribution in [0.15, 0.2) is 0 Å². The monoisotopic (exact) mass is 156 g/mol. The summed E-state index contributed by atoms with van der Waals surface area (Å²) in [5, 5.41) is 2.17. The number of carbonyl (C=O) groups excluding carboxylic acids is 3. The quantitative estimate of drug-likeness (QED) is 0.483. The fourth-order valence-corrected chi connectivity index (χ4v) is 0.459. The van der Waals surface area contributed by atoms with Gasteiger partial charge in [-0.05, 0) is 0 Å². The minimum Gasteiger partial charge on any atom is -0.344 e. The molecular formula is C6H8N2O3. The van der Waals surface area contributed by atoms with Gasteiger partial charge in [0.25, 0.3) is 0 Å². The van der Waals surface area contributed by atoms with Gasteiger partial charge in [0.15, 0.2) is 0 Å². The Morgan fingerprint density at radius 2 is 2.18 bits per heavy atom. The molecule has 5 nitrogen and oxygen atoms in total. The number of hydrogen-bond donors (Lipinski definition) is 2. The Hall–Kier alpha value is -1.23. The summed E-state index contributed by atoms with van der Waals surface area (Å²) < 4.78 is 0. The Morgan fingerprint density at radius 3 is 2.55 bits per heavy atom. The van der Waals surface area contributed by atoms with E-state index in [0.717, 1.165) is 0 Å². The Labute approximate surface area is 63.9 Å². The lowest BCUT2D eigenvalue weighted by atomic mass is 10.2. The highest BCUT2D eigenvalue weighted by Crippen LogP contribution is 1.82. The van der Waals surface area contributed by atoms with E-state index in [4.69, 9.17) is 5.73 Å². The first kappa shape index (κ1) is 9.77. The van der Waals surface area contributed by atoms with Gasteiger partial charge in [-0.1, -0.05) is 0 Å². The largest absolute Gasteiger partial charge is 0.344 e. The zero-order valence-electron chi connectivity index (χ0n) is 5.79. The molecule has 0 saturated carbocycles. The molecule has 0 spiro atoms. The van der Waals surface area contributed by atoms with Gasteiger partial charge in [-0.2, -0.15) is 0 Å². The summed E-state index contributed by atoms with van der Waals surface area (Å²) in [4.78, 5) is 30.3. The molecule has 0 aliphatic heterocycles. The molecule has 2 radical (unpaired) electrons. The summed E-state index contributed by atoms with van der Waals surface area (Å²) in [7, 11) is 0. The van der Waals surface area contributed by atoms with E-state index in [1.54, 1.807) is 0 Å². The fraction of sp³-hybridized carbons (Fsp3) is 0.500. The van der Waals surface area contributed by atoms with Gasteiger partial charge in [0.1, 0.15) is 6.04 Å². The molecule has 0 aliphatic rings. The third kappa shape index (κ3) is 4.21. The molecule has 60 valence electrons. The number of rotatable bonds is 5. The Balaban J connectivity index is 3.76. The van der Waals surface area contributed by atoms with Crippen LogP contribution in [0.25, 0.3) is 0 Å². The van der Waals surface area contributed by atoms with Crippen molar-refractivity contribution in [1.29, 1.82) is 0 Å². The molecule has 0 aromatic heterocycles. The molecule has 0 aromatic rings. The highest BCUT2D eigenvalue weighted by Gasteiger charge is 2.09. The van der Waals surface area contributed by atoms with Crippen LogP contribution in [0, 0.1) is 0 Å². The molecule has 1 amide bonds. The minimum absolute atomic E-state index is 0.185. The van der Waals surface area contributed by atoms with Crippen LogP contribution in [-0.2, 0) is 14.4 Å². The summed E-state index contributed by atoms with van der Waals surface area (Å²) in [6.45, 7) is -0.211. The number of nitrogens with one attached hydrogen (secondary N) is 1. The number of nitrogens with two attached hydrogens (primary N) is 1. The summed E-state index contributed by atoms with van der Waals surface area (Å²) in [6.07, 6.45) is 2.76. The predicted octanol–water partition coefficient (Wildman–Crippen LogP) is -1.96. The van der Waals surface area contributed by atoms with Crippen LogP contribution < -0.4 is 11.1 Å². The van der Waals surface area contributed by atoms with Crippen LogP contribution in [0.4, 0.5) is 0 Å². The molecule has 0 aromatic carbocycles. The summed E-state index contributed by atoms with van der Waals surface area (Å²) in [5.74, 6) is -0.492. The van der Waals surface area contributed by atoms with Crippen molar-refractivity contribution in [1.82, 2.24) is 5.32 Å². The van der Waals surface area contributed by atoms with E-state index < -0.39 is 11.9 Å². The fourth-order valence-electron chi connectivity index (χ4n) is 0.459. The molecule has 0 aliphatic carbocycles. The van der Waals surface area contributed by atoms with Crippen molar-refractivity contribution in [3.8, 4) is 0 Å². The van der Waals surface area contributed by atoms with Gasteiger partial charge in [0.2, 0.25) is 18.5 Å². The van der Waals surface area contributed by atoms with E-state index in [2.05, 4.69) is 5.32 Å². The van der Waals surface area contributed by atoms with Gasteiger partial charge in [-0.3, -0.25) is 14.4 Å². The summed E-state index contributed by atoms with van der Waals surface area (Å²) in [5.41, 5.74) is 4.93. The van der Waals surface area contributed by atoms with E-state index in [1.165, 1.54) is 12.6 Å². The van der Waals surface area contributed by atoms with Crippen LogP contribution in [0.2, 0.25) is 0 Å². The van der Waals surface area contributed by atoms with Gasteiger partial charge in [0, 0.05) is 6.42 Å². The topological polar surface area (TPSA) is 89.3 Å². The highest BCUT2D eigenvalue weighted by atomic mass is 16.2. The molecule has 0 saturated heterocycles. The van der Waals surface area contributed by atoms with Crippen molar-refractivity contribution in [2.45, 2.75) is 12.5 Å². The van der Waals surface area contributed by atoms with E-state index in [-0.39, 0.29) is 13.0 Å². The SMILES string of the molecule is NCC(=O)NC([C]=O)C[C]=O. The van der Waals surface area contributed by atoms with Gasteiger partial charge in [0.05, 0.1) is 6.54 Å². The zero-order valence-corrected chi connectivity index (χ0v) is 5.79. The standard InChI is InChI=1S/C6H8N2O3/c7-3-6(11)8-5(4-10)1-2-9/h5H,1,3,7H2,(H,8,11). The second-order valence-corrected chi connectivity index (χ2v) is 1.79. The lowest BCUT2D eigenvalue weighted by molar-refractivity contribution is -0.120. The molecule has 0 bridgehead atoms. The second-order valence-electron chi connectivity index (χ2n) is 1.79. The molecule has 1 unspecified atom stereocenters. The van der Waals surface area contributed by atoms with Crippen LogP contribution in [0.1, 0.15) is 6.42 Å². The average Bonchev–Trinajstić information content (AvgIpc) is 2.03. The average molecular weight is 156 g/mol. The third-order valence-corrected chi connectivity index (χ3v) is 0.950. The molecule has 0 heterocycles. The number of amides is 1. The molecular weight excluding hydrogens is 148 g/mol. The first-order valence-electron chi connectivity index (χ1n) is 2.96. The number of carbonyl (C=O) groups is 1. The van der Waals surface area contributed by atoms with Crippen molar-refractivity contribution < 1.29 is 14.4 Å². The Morgan fingerprint density at radius 1 is 1.55 bits per heavy atom. The molecule has 3 N–H and O–H groups in total.